The normalized spacial score (nSPS) is 11.6. The van der Waals surface area contributed by atoms with Gasteiger partial charge in [0, 0.05) is 0 Å². The van der Waals surface area contributed by atoms with Crippen LogP contribution in [-0.2, 0) is 5.60 Å². The molecule has 0 fully saturated rings. The second-order valence-electron chi connectivity index (χ2n) is 4.90. The van der Waals surface area contributed by atoms with Crippen molar-refractivity contribution < 1.29 is 9.84 Å². The van der Waals surface area contributed by atoms with Crippen molar-refractivity contribution in [2.45, 2.75) is 58.5 Å². The van der Waals surface area contributed by atoms with Gasteiger partial charge >= 0.3 is 0 Å². The molecule has 0 heterocycles. The average Bonchev–Trinajstić information content (AvgIpc) is 2.37. The molecular formula is C16H26O2. The smallest absolute Gasteiger partial charge is 0.119 e. The Bertz CT molecular complexity index is 323. The van der Waals surface area contributed by atoms with E-state index in [1.165, 1.54) is 0 Å². The highest BCUT2D eigenvalue weighted by molar-refractivity contribution is 5.30. The van der Waals surface area contributed by atoms with Crippen molar-refractivity contribution in [1.29, 1.82) is 0 Å². The first-order valence-corrected chi connectivity index (χ1v) is 7.12. The summed E-state index contributed by atoms with van der Waals surface area (Å²) < 4.78 is 5.56. The second kappa shape index (κ2) is 7.42. The fourth-order valence-corrected chi connectivity index (χ4v) is 2.32. The number of hydrogen-bond donors (Lipinski definition) is 1. The first kappa shape index (κ1) is 15.0. The lowest BCUT2D eigenvalue weighted by atomic mass is 9.85. The number of hydrogen-bond acceptors (Lipinski definition) is 2. The SMILES string of the molecule is CCCOc1ccc(C(O)(CCC)CCC)cc1. The Kier molecular flexibility index (Phi) is 6.20. The summed E-state index contributed by atoms with van der Waals surface area (Å²) in [4.78, 5) is 0. The summed E-state index contributed by atoms with van der Waals surface area (Å²) in [7, 11) is 0. The monoisotopic (exact) mass is 250 g/mol. The molecule has 0 aromatic heterocycles. The van der Waals surface area contributed by atoms with E-state index in [2.05, 4.69) is 20.8 Å². The van der Waals surface area contributed by atoms with E-state index >= 15 is 0 Å². The minimum absolute atomic E-state index is 0.674. The zero-order valence-corrected chi connectivity index (χ0v) is 11.9. The fraction of sp³-hybridized carbons (Fsp3) is 0.625. The molecule has 1 N–H and O–H groups in total. The number of benzene rings is 1. The van der Waals surface area contributed by atoms with Crippen LogP contribution in [0.15, 0.2) is 24.3 Å². The van der Waals surface area contributed by atoms with Crippen LogP contribution in [0.1, 0.15) is 58.4 Å². The summed E-state index contributed by atoms with van der Waals surface area (Å²) >= 11 is 0. The summed E-state index contributed by atoms with van der Waals surface area (Å²) in [6, 6.07) is 7.91. The Morgan fingerprint density at radius 3 is 1.94 bits per heavy atom. The van der Waals surface area contributed by atoms with Crippen molar-refractivity contribution in [3.05, 3.63) is 29.8 Å². The van der Waals surface area contributed by atoms with Gasteiger partial charge in [0.2, 0.25) is 0 Å². The highest BCUT2D eigenvalue weighted by Gasteiger charge is 2.26. The van der Waals surface area contributed by atoms with Crippen molar-refractivity contribution in [1.82, 2.24) is 0 Å². The number of rotatable bonds is 8. The first-order chi connectivity index (χ1) is 8.66. The van der Waals surface area contributed by atoms with Gasteiger partial charge in [-0.1, -0.05) is 45.7 Å². The lowest BCUT2D eigenvalue weighted by molar-refractivity contribution is 0.0169. The van der Waals surface area contributed by atoms with Crippen molar-refractivity contribution in [2.24, 2.45) is 0 Å². The number of aliphatic hydroxyl groups is 1. The van der Waals surface area contributed by atoms with Gasteiger partial charge in [-0.05, 0) is 37.0 Å². The van der Waals surface area contributed by atoms with Gasteiger partial charge in [0.05, 0.1) is 12.2 Å². The molecule has 0 aliphatic carbocycles. The van der Waals surface area contributed by atoms with E-state index in [0.29, 0.717) is 0 Å². The molecule has 102 valence electrons. The van der Waals surface area contributed by atoms with Crippen molar-refractivity contribution in [3.63, 3.8) is 0 Å². The standard InChI is InChI=1S/C16H26O2/c1-4-11-16(17,12-5-2)14-7-9-15(10-8-14)18-13-6-3/h7-10,17H,4-6,11-13H2,1-3H3. The molecule has 0 bridgehead atoms. The van der Waals surface area contributed by atoms with E-state index in [-0.39, 0.29) is 0 Å². The predicted octanol–water partition coefficient (Wildman–Crippen LogP) is 4.26. The molecule has 1 rings (SSSR count). The van der Waals surface area contributed by atoms with Gasteiger partial charge in [-0.2, -0.15) is 0 Å². The molecule has 18 heavy (non-hydrogen) atoms. The van der Waals surface area contributed by atoms with Gasteiger partial charge in [-0.15, -0.1) is 0 Å². The van der Waals surface area contributed by atoms with Crippen LogP contribution in [0, 0.1) is 0 Å². The van der Waals surface area contributed by atoms with Gasteiger partial charge in [-0.3, -0.25) is 0 Å². The Morgan fingerprint density at radius 1 is 0.944 bits per heavy atom. The first-order valence-electron chi connectivity index (χ1n) is 7.12. The summed E-state index contributed by atoms with van der Waals surface area (Å²) in [6.07, 6.45) is 4.62. The number of ether oxygens (including phenoxy) is 1. The molecule has 0 radical (unpaired) electrons. The molecule has 0 saturated carbocycles. The quantitative estimate of drug-likeness (QED) is 0.747. The van der Waals surface area contributed by atoms with Crippen LogP contribution in [0.5, 0.6) is 5.75 Å². The lowest BCUT2D eigenvalue weighted by Crippen LogP contribution is -2.25. The zero-order valence-electron chi connectivity index (χ0n) is 11.9. The van der Waals surface area contributed by atoms with E-state index in [4.69, 9.17) is 4.74 Å². The van der Waals surface area contributed by atoms with Crippen LogP contribution < -0.4 is 4.74 Å². The molecular weight excluding hydrogens is 224 g/mol. The molecule has 0 amide bonds. The van der Waals surface area contributed by atoms with Crippen molar-refractivity contribution in [2.75, 3.05) is 6.61 Å². The van der Waals surface area contributed by atoms with E-state index in [1.54, 1.807) is 0 Å². The minimum atomic E-state index is -0.674. The largest absolute Gasteiger partial charge is 0.494 e. The highest BCUT2D eigenvalue weighted by Crippen LogP contribution is 2.32. The topological polar surface area (TPSA) is 29.5 Å². The minimum Gasteiger partial charge on any atom is -0.494 e. The summed E-state index contributed by atoms with van der Waals surface area (Å²) in [6.45, 7) is 7.06. The van der Waals surface area contributed by atoms with Crippen LogP contribution in [0.3, 0.4) is 0 Å². The van der Waals surface area contributed by atoms with Gasteiger partial charge in [0.25, 0.3) is 0 Å². The summed E-state index contributed by atoms with van der Waals surface area (Å²) in [5.41, 5.74) is 0.335. The summed E-state index contributed by atoms with van der Waals surface area (Å²) in [5, 5.41) is 10.7. The van der Waals surface area contributed by atoms with Crippen LogP contribution in [-0.4, -0.2) is 11.7 Å². The summed E-state index contributed by atoms with van der Waals surface area (Å²) in [5.74, 6) is 0.885. The maximum atomic E-state index is 10.7. The lowest BCUT2D eigenvalue weighted by Gasteiger charge is -2.28. The molecule has 1 aromatic carbocycles. The van der Waals surface area contributed by atoms with Crippen LogP contribution >= 0.6 is 0 Å². The van der Waals surface area contributed by atoms with Crippen molar-refractivity contribution in [3.8, 4) is 5.75 Å². The molecule has 0 spiro atoms. The Labute approximate surface area is 111 Å². The molecule has 2 heteroatoms. The van der Waals surface area contributed by atoms with Crippen molar-refractivity contribution >= 4 is 0 Å². The third-order valence-electron chi connectivity index (χ3n) is 3.19. The zero-order chi connectivity index (χ0) is 13.4. The third-order valence-corrected chi connectivity index (χ3v) is 3.19. The Hall–Kier alpha value is -1.02. The van der Waals surface area contributed by atoms with Crippen LogP contribution in [0.25, 0.3) is 0 Å². The van der Waals surface area contributed by atoms with Crippen LogP contribution in [0.2, 0.25) is 0 Å². The average molecular weight is 250 g/mol. The van der Waals surface area contributed by atoms with E-state index in [1.807, 2.05) is 24.3 Å². The molecule has 0 saturated heterocycles. The van der Waals surface area contributed by atoms with E-state index in [0.717, 1.165) is 50.0 Å². The van der Waals surface area contributed by atoms with Gasteiger partial charge in [-0.25, -0.2) is 0 Å². The molecule has 2 nitrogen and oxygen atoms in total. The maximum absolute atomic E-state index is 10.7. The predicted molar refractivity (Wildman–Crippen MR) is 75.9 cm³/mol. The second-order valence-corrected chi connectivity index (χ2v) is 4.90. The van der Waals surface area contributed by atoms with Crippen LogP contribution in [0.4, 0.5) is 0 Å². The van der Waals surface area contributed by atoms with E-state index in [9.17, 15) is 5.11 Å². The van der Waals surface area contributed by atoms with Gasteiger partial charge in [0.1, 0.15) is 5.75 Å². The molecule has 0 atom stereocenters. The third kappa shape index (κ3) is 4.02. The maximum Gasteiger partial charge on any atom is 0.119 e. The molecule has 0 unspecified atom stereocenters. The van der Waals surface area contributed by atoms with E-state index < -0.39 is 5.60 Å². The van der Waals surface area contributed by atoms with Gasteiger partial charge in [0.15, 0.2) is 0 Å². The highest BCUT2D eigenvalue weighted by atomic mass is 16.5. The molecule has 1 aromatic rings. The molecule has 0 aliphatic heterocycles. The van der Waals surface area contributed by atoms with Gasteiger partial charge < -0.3 is 9.84 Å². The Balaban J connectivity index is 2.80. The Morgan fingerprint density at radius 2 is 1.50 bits per heavy atom. The fourth-order valence-electron chi connectivity index (χ4n) is 2.32. The molecule has 0 aliphatic rings.